The van der Waals surface area contributed by atoms with Gasteiger partial charge in [0.1, 0.15) is 5.92 Å². The van der Waals surface area contributed by atoms with E-state index in [-0.39, 0.29) is 18.0 Å². The third-order valence-electron chi connectivity index (χ3n) is 3.46. The van der Waals surface area contributed by atoms with Crippen molar-refractivity contribution in [3.63, 3.8) is 0 Å². The van der Waals surface area contributed by atoms with E-state index < -0.39 is 5.92 Å². The molecule has 1 aliphatic rings. The third kappa shape index (κ3) is 3.66. The molecule has 0 spiro atoms. The van der Waals surface area contributed by atoms with E-state index >= 15 is 0 Å². The number of rotatable bonds is 4. The summed E-state index contributed by atoms with van der Waals surface area (Å²) in [7, 11) is 0. The van der Waals surface area contributed by atoms with Crippen molar-refractivity contribution in [1.29, 1.82) is 5.26 Å². The second kappa shape index (κ2) is 6.65. The minimum Gasteiger partial charge on any atom is -0.373 e. The zero-order chi connectivity index (χ0) is 14.5. The first-order chi connectivity index (χ1) is 9.60. The van der Waals surface area contributed by atoms with E-state index in [1.807, 2.05) is 44.2 Å². The lowest BCUT2D eigenvalue weighted by Gasteiger charge is -2.35. The molecule has 0 unspecified atom stereocenters. The number of carbonyl (C=O) groups is 1. The minimum absolute atomic E-state index is 0.0417. The smallest absolute Gasteiger partial charge is 0.168 e. The summed E-state index contributed by atoms with van der Waals surface area (Å²) < 4.78 is 5.65. The van der Waals surface area contributed by atoms with Gasteiger partial charge in [-0.1, -0.05) is 30.3 Å². The molecule has 1 saturated heterocycles. The molecule has 0 amide bonds. The van der Waals surface area contributed by atoms with Gasteiger partial charge in [-0.25, -0.2) is 0 Å². The average molecular weight is 272 g/mol. The fourth-order valence-corrected chi connectivity index (χ4v) is 2.70. The molecule has 4 nitrogen and oxygen atoms in total. The second-order valence-electron chi connectivity index (χ2n) is 5.39. The molecule has 2 rings (SSSR count). The zero-order valence-corrected chi connectivity index (χ0v) is 12.0. The topological polar surface area (TPSA) is 53.3 Å². The van der Waals surface area contributed by atoms with E-state index in [0.717, 1.165) is 18.7 Å². The van der Waals surface area contributed by atoms with Crippen molar-refractivity contribution in [3.8, 4) is 6.07 Å². The van der Waals surface area contributed by atoms with Gasteiger partial charge >= 0.3 is 0 Å². The quantitative estimate of drug-likeness (QED) is 0.841. The van der Waals surface area contributed by atoms with E-state index in [9.17, 15) is 10.1 Å². The van der Waals surface area contributed by atoms with Crippen molar-refractivity contribution in [2.45, 2.75) is 32.0 Å². The molecule has 1 aromatic carbocycles. The summed E-state index contributed by atoms with van der Waals surface area (Å²) in [6.45, 7) is 5.80. The van der Waals surface area contributed by atoms with Gasteiger partial charge < -0.3 is 4.74 Å². The Morgan fingerprint density at radius 1 is 1.35 bits per heavy atom. The van der Waals surface area contributed by atoms with Crippen molar-refractivity contribution in [1.82, 2.24) is 4.90 Å². The van der Waals surface area contributed by atoms with Crippen LogP contribution in [-0.4, -0.2) is 42.5 Å². The minimum atomic E-state index is -0.676. The standard InChI is InChI=1S/C16H20N2O2/c1-12-9-18(10-13(2)20-12)11-16(19)15(8-17)14-6-4-3-5-7-14/h3-7,12-13,15H,9-11H2,1-2H3/t12-,13-,15+/m1/s1. The Bertz CT molecular complexity index is 485. The van der Waals surface area contributed by atoms with Crippen LogP contribution in [0.1, 0.15) is 25.3 Å². The summed E-state index contributed by atoms with van der Waals surface area (Å²) >= 11 is 0. The molecule has 0 radical (unpaired) electrons. The van der Waals surface area contributed by atoms with Gasteiger partial charge in [-0.3, -0.25) is 9.69 Å². The number of ketones is 1. The van der Waals surface area contributed by atoms with Crippen LogP contribution in [0.2, 0.25) is 0 Å². The van der Waals surface area contributed by atoms with Crippen LogP contribution in [0.15, 0.2) is 30.3 Å². The lowest BCUT2D eigenvalue weighted by molar-refractivity contribution is -0.124. The second-order valence-corrected chi connectivity index (χ2v) is 5.39. The fraction of sp³-hybridized carbons (Fsp3) is 0.500. The number of hydrogen-bond donors (Lipinski definition) is 0. The van der Waals surface area contributed by atoms with E-state index in [1.165, 1.54) is 0 Å². The van der Waals surface area contributed by atoms with Crippen molar-refractivity contribution in [3.05, 3.63) is 35.9 Å². The zero-order valence-electron chi connectivity index (χ0n) is 12.0. The molecule has 3 atom stereocenters. The number of hydrogen-bond acceptors (Lipinski definition) is 4. The normalized spacial score (nSPS) is 24.9. The van der Waals surface area contributed by atoms with Gasteiger partial charge in [0, 0.05) is 13.1 Å². The highest BCUT2D eigenvalue weighted by atomic mass is 16.5. The number of Topliss-reactive ketones (excluding diaryl/α,β-unsaturated/α-hetero) is 1. The highest BCUT2D eigenvalue weighted by Gasteiger charge is 2.27. The van der Waals surface area contributed by atoms with Gasteiger partial charge in [-0.05, 0) is 19.4 Å². The molecule has 106 valence electrons. The van der Waals surface area contributed by atoms with Crippen LogP contribution >= 0.6 is 0 Å². The maximum atomic E-state index is 12.4. The summed E-state index contributed by atoms with van der Waals surface area (Å²) in [5.74, 6) is -0.718. The van der Waals surface area contributed by atoms with Gasteiger partial charge in [-0.15, -0.1) is 0 Å². The van der Waals surface area contributed by atoms with Crippen LogP contribution in [0.25, 0.3) is 0 Å². The molecular formula is C16H20N2O2. The molecule has 1 aromatic rings. The molecule has 1 heterocycles. The monoisotopic (exact) mass is 272 g/mol. The third-order valence-corrected chi connectivity index (χ3v) is 3.46. The van der Waals surface area contributed by atoms with Crippen LogP contribution in [0.4, 0.5) is 0 Å². The predicted octanol–water partition coefficient (Wildman–Crippen LogP) is 1.97. The highest BCUT2D eigenvalue weighted by molar-refractivity contribution is 5.90. The molecule has 0 aromatic heterocycles. The van der Waals surface area contributed by atoms with Crippen LogP contribution in [0.3, 0.4) is 0 Å². The molecular weight excluding hydrogens is 252 g/mol. The summed E-state index contributed by atoms with van der Waals surface area (Å²) in [5.41, 5.74) is 0.773. The number of nitriles is 1. The van der Waals surface area contributed by atoms with Gasteiger partial charge in [-0.2, -0.15) is 5.26 Å². The molecule has 0 saturated carbocycles. The molecule has 0 N–H and O–H groups in total. The van der Waals surface area contributed by atoms with Crippen LogP contribution in [0, 0.1) is 11.3 Å². The molecule has 0 aliphatic carbocycles. The Kier molecular flexibility index (Phi) is 4.89. The number of carbonyl (C=O) groups excluding carboxylic acids is 1. The predicted molar refractivity (Wildman–Crippen MR) is 76.3 cm³/mol. The summed E-state index contributed by atoms with van der Waals surface area (Å²) in [6.07, 6.45) is 0.257. The maximum absolute atomic E-state index is 12.4. The average Bonchev–Trinajstić information content (AvgIpc) is 2.39. The first-order valence-electron chi connectivity index (χ1n) is 6.95. The van der Waals surface area contributed by atoms with Crippen molar-refractivity contribution in [2.75, 3.05) is 19.6 Å². The Morgan fingerprint density at radius 2 is 1.95 bits per heavy atom. The van der Waals surface area contributed by atoms with Crippen LogP contribution < -0.4 is 0 Å². The van der Waals surface area contributed by atoms with E-state index in [0.29, 0.717) is 6.54 Å². The number of benzene rings is 1. The van der Waals surface area contributed by atoms with E-state index in [2.05, 4.69) is 11.0 Å². The largest absolute Gasteiger partial charge is 0.373 e. The molecule has 20 heavy (non-hydrogen) atoms. The first-order valence-corrected chi connectivity index (χ1v) is 6.95. The Hall–Kier alpha value is -1.70. The Labute approximate surface area is 120 Å². The summed E-state index contributed by atoms with van der Waals surface area (Å²) in [5, 5.41) is 9.27. The molecule has 0 bridgehead atoms. The number of nitrogens with zero attached hydrogens (tertiary/aromatic N) is 2. The Balaban J connectivity index is 2.02. The van der Waals surface area contributed by atoms with Crippen LogP contribution in [-0.2, 0) is 9.53 Å². The van der Waals surface area contributed by atoms with Crippen molar-refractivity contribution < 1.29 is 9.53 Å². The highest BCUT2D eigenvalue weighted by Crippen LogP contribution is 2.18. The summed E-state index contributed by atoms with van der Waals surface area (Å²) in [6, 6.07) is 11.4. The van der Waals surface area contributed by atoms with Crippen LogP contribution in [0.5, 0.6) is 0 Å². The van der Waals surface area contributed by atoms with E-state index in [1.54, 1.807) is 0 Å². The van der Waals surface area contributed by atoms with Gasteiger partial charge in [0.25, 0.3) is 0 Å². The maximum Gasteiger partial charge on any atom is 0.168 e. The van der Waals surface area contributed by atoms with Gasteiger partial charge in [0.05, 0.1) is 24.8 Å². The lowest BCUT2D eigenvalue weighted by atomic mass is 9.95. The summed E-state index contributed by atoms with van der Waals surface area (Å²) in [4.78, 5) is 14.4. The first kappa shape index (κ1) is 14.7. The molecule has 1 fully saturated rings. The number of morpholine rings is 1. The SMILES string of the molecule is C[C@@H]1CN(CC(=O)[C@@H](C#N)c2ccccc2)C[C@@H](C)O1. The molecule has 4 heteroatoms. The lowest BCUT2D eigenvalue weighted by Crippen LogP contribution is -2.47. The number of ether oxygens (including phenoxy) is 1. The molecule has 1 aliphatic heterocycles. The van der Waals surface area contributed by atoms with Gasteiger partial charge in [0.15, 0.2) is 5.78 Å². The van der Waals surface area contributed by atoms with Crippen molar-refractivity contribution >= 4 is 5.78 Å². The Morgan fingerprint density at radius 3 is 2.50 bits per heavy atom. The van der Waals surface area contributed by atoms with Gasteiger partial charge in [0.2, 0.25) is 0 Å². The van der Waals surface area contributed by atoms with E-state index in [4.69, 9.17) is 4.74 Å². The fourth-order valence-electron chi connectivity index (χ4n) is 2.70. The van der Waals surface area contributed by atoms with Crippen molar-refractivity contribution in [2.24, 2.45) is 0 Å².